The molecule has 0 N–H and O–H groups in total. The Hall–Kier alpha value is -2.40. The number of nitrogens with zero attached hydrogens (tertiary/aromatic N) is 3. The van der Waals surface area contributed by atoms with Crippen LogP contribution in [0.5, 0.6) is 5.75 Å². The van der Waals surface area contributed by atoms with Crippen molar-refractivity contribution in [2.24, 2.45) is 5.92 Å². The van der Waals surface area contributed by atoms with Crippen LogP contribution in [-0.2, 0) is 6.42 Å². The number of amides is 1. The maximum atomic E-state index is 12.9. The summed E-state index contributed by atoms with van der Waals surface area (Å²) >= 11 is 0. The molecule has 1 aromatic heterocycles. The first-order valence-corrected chi connectivity index (χ1v) is 10.4. The van der Waals surface area contributed by atoms with Gasteiger partial charge in [-0.3, -0.25) is 14.7 Å². The van der Waals surface area contributed by atoms with Gasteiger partial charge in [-0.05, 0) is 48.9 Å². The van der Waals surface area contributed by atoms with Gasteiger partial charge in [0.2, 0.25) is 0 Å². The largest absolute Gasteiger partial charge is 0.492 e. The Morgan fingerprint density at radius 1 is 1.11 bits per heavy atom. The van der Waals surface area contributed by atoms with Crippen molar-refractivity contribution in [1.82, 2.24) is 14.8 Å². The average Bonchev–Trinajstić information content (AvgIpc) is 3.06. The highest BCUT2D eigenvalue weighted by atomic mass is 16.5. The molecule has 5 heteroatoms. The van der Waals surface area contributed by atoms with Crippen molar-refractivity contribution in [2.45, 2.75) is 32.2 Å². The lowest BCUT2D eigenvalue weighted by Gasteiger charge is -2.35. The van der Waals surface area contributed by atoms with Gasteiger partial charge in [0.1, 0.15) is 18.1 Å². The molecule has 5 rings (SSSR count). The van der Waals surface area contributed by atoms with Crippen LogP contribution in [-0.4, -0.2) is 59.5 Å². The standard InChI is InChI=1S/C23H29N3O2/c1-2-19-7-3-4-9-22(19)28-14-13-25-15-18-10-11-20(25)17-26(16-18)23(27)21-8-5-6-12-24-21/h3-9,12,18,20H,2,10-11,13-17H2,1H3/t18-,20-/m1/s1. The summed E-state index contributed by atoms with van der Waals surface area (Å²) in [4.78, 5) is 21.7. The highest BCUT2D eigenvalue weighted by Gasteiger charge is 2.36. The van der Waals surface area contributed by atoms with Crippen LogP contribution in [0.4, 0.5) is 0 Å². The lowest BCUT2D eigenvalue weighted by molar-refractivity contribution is 0.0727. The lowest BCUT2D eigenvalue weighted by atomic mass is 9.95. The van der Waals surface area contributed by atoms with Gasteiger partial charge >= 0.3 is 0 Å². The number of fused-ring (bicyclic) bond motifs is 4. The molecule has 0 saturated carbocycles. The number of hydrogen-bond acceptors (Lipinski definition) is 4. The van der Waals surface area contributed by atoms with E-state index in [2.05, 4.69) is 35.0 Å². The molecule has 148 valence electrons. The predicted octanol–water partition coefficient (Wildman–Crippen LogP) is 3.26. The number of aromatic nitrogens is 1. The van der Waals surface area contributed by atoms with Crippen molar-refractivity contribution in [3.05, 3.63) is 59.9 Å². The minimum atomic E-state index is 0.0625. The average molecular weight is 380 g/mol. The van der Waals surface area contributed by atoms with E-state index in [0.717, 1.165) is 44.8 Å². The number of rotatable bonds is 6. The molecule has 0 spiro atoms. The SMILES string of the molecule is CCc1ccccc1OCCN1C[C@H]2CC[C@@H]1CN(C(=O)c1ccccn1)C2. The quantitative estimate of drug-likeness (QED) is 0.773. The van der Waals surface area contributed by atoms with E-state index in [1.807, 2.05) is 29.2 Å². The second-order valence-corrected chi connectivity index (χ2v) is 7.83. The number of para-hydroxylation sites is 1. The van der Waals surface area contributed by atoms with Gasteiger partial charge in [0, 0.05) is 38.4 Å². The summed E-state index contributed by atoms with van der Waals surface area (Å²) in [6, 6.07) is 14.2. The zero-order valence-electron chi connectivity index (χ0n) is 16.6. The van der Waals surface area contributed by atoms with Crippen molar-refractivity contribution in [1.29, 1.82) is 0 Å². The summed E-state index contributed by atoms with van der Waals surface area (Å²) in [6.45, 7) is 6.43. The van der Waals surface area contributed by atoms with Gasteiger partial charge < -0.3 is 9.64 Å². The minimum Gasteiger partial charge on any atom is -0.492 e. The molecule has 5 nitrogen and oxygen atoms in total. The summed E-state index contributed by atoms with van der Waals surface area (Å²) in [6.07, 6.45) is 5.03. The van der Waals surface area contributed by atoms with Gasteiger partial charge in [-0.2, -0.15) is 0 Å². The first kappa shape index (κ1) is 18.9. The van der Waals surface area contributed by atoms with Crippen molar-refractivity contribution >= 4 is 5.91 Å². The molecule has 2 bridgehead atoms. The number of piperidine rings is 1. The smallest absolute Gasteiger partial charge is 0.272 e. The van der Waals surface area contributed by atoms with Crippen LogP contribution in [0.15, 0.2) is 48.7 Å². The molecule has 1 amide bonds. The molecule has 0 unspecified atom stereocenters. The van der Waals surface area contributed by atoms with Crippen molar-refractivity contribution in [2.75, 3.05) is 32.8 Å². The second-order valence-electron chi connectivity index (χ2n) is 7.83. The van der Waals surface area contributed by atoms with E-state index >= 15 is 0 Å². The number of ether oxygens (including phenoxy) is 1. The van der Waals surface area contributed by atoms with Gasteiger partial charge in [-0.15, -0.1) is 0 Å². The second kappa shape index (κ2) is 8.74. The van der Waals surface area contributed by atoms with Gasteiger partial charge in [0.15, 0.2) is 0 Å². The third-order valence-corrected chi connectivity index (χ3v) is 5.99. The van der Waals surface area contributed by atoms with E-state index in [1.165, 1.54) is 12.0 Å². The fourth-order valence-corrected chi connectivity index (χ4v) is 4.48. The van der Waals surface area contributed by atoms with E-state index in [1.54, 1.807) is 6.20 Å². The minimum absolute atomic E-state index is 0.0625. The third-order valence-electron chi connectivity index (χ3n) is 5.99. The molecule has 2 atom stereocenters. The summed E-state index contributed by atoms with van der Waals surface area (Å²) < 4.78 is 6.09. The molecule has 28 heavy (non-hydrogen) atoms. The molecule has 3 aliphatic rings. The topological polar surface area (TPSA) is 45.7 Å². The Morgan fingerprint density at radius 3 is 2.79 bits per heavy atom. The van der Waals surface area contributed by atoms with Gasteiger partial charge in [-0.25, -0.2) is 0 Å². The number of carbonyl (C=O) groups excluding carboxylic acids is 1. The molecular formula is C23H29N3O2. The van der Waals surface area contributed by atoms with Gasteiger partial charge in [0.25, 0.3) is 5.91 Å². The van der Waals surface area contributed by atoms with E-state index in [4.69, 9.17) is 4.74 Å². The fourth-order valence-electron chi connectivity index (χ4n) is 4.48. The summed E-state index contributed by atoms with van der Waals surface area (Å²) in [5.74, 6) is 1.60. The number of benzene rings is 1. The molecule has 0 aliphatic carbocycles. The van der Waals surface area contributed by atoms with Crippen LogP contribution in [0.3, 0.4) is 0 Å². The Bertz CT molecular complexity index is 795. The summed E-state index contributed by atoms with van der Waals surface area (Å²) in [5, 5.41) is 0. The number of hydrogen-bond donors (Lipinski definition) is 0. The normalized spacial score (nSPS) is 22.1. The molecule has 3 fully saturated rings. The molecule has 2 aromatic rings. The lowest BCUT2D eigenvalue weighted by Crippen LogP contribution is -2.46. The zero-order chi connectivity index (χ0) is 19.3. The number of aryl methyl sites for hydroxylation is 1. The Labute approximate surface area is 167 Å². The molecule has 0 radical (unpaired) electrons. The Balaban J connectivity index is 1.36. The predicted molar refractivity (Wildman–Crippen MR) is 110 cm³/mol. The van der Waals surface area contributed by atoms with Crippen LogP contribution < -0.4 is 4.74 Å². The first-order valence-electron chi connectivity index (χ1n) is 10.4. The zero-order valence-corrected chi connectivity index (χ0v) is 16.6. The van der Waals surface area contributed by atoms with Gasteiger partial charge in [0.05, 0.1) is 0 Å². The third kappa shape index (κ3) is 4.20. The van der Waals surface area contributed by atoms with Crippen LogP contribution in [0, 0.1) is 5.92 Å². The molecule has 3 aliphatic heterocycles. The van der Waals surface area contributed by atoms with Crippen LogP contribution >= 0.6 is 0 Å². The molecule has 3 saturated heterocycles. The first-order chi connectivity index (χ1) is 13.7. The summed E-state index contributed by atoms with van der Waals surface area (Å²) in [7, 11) is 0. The van der Waals surface area contributed by atoms with E-state index in [9.17, 15) is 4.79 Å². The van der Waals surface area contributed by atoms with E-state index in [-0.39, 0.29) is 5.91 Å². The summed E-state index contributed by atoms with van der Waals surface area (Å²) in [5.41, 5.74) is 1.81. The van der Waals surface area contributed by atoms with E-state index < -0.39 is 0 Å². The Morgan fingerprint density at radius 2 is 1.96 bits per heavy atom. The molecular weight excluding hydrogens is 350 g/mol. The highest BCUT2D eigenvalue weighted by Crippen LogP contribution is 2.28. The highest BCUT2D eigenvalue weighted by molar-refractivity contribution is 5.92. The Kier molecular flexibility index (Phi) is 5.91. The monoisotopic (exact) mass is 379 g/mol. The maximum Gasteiger partial charge on any atom is 0.272 e. The van der Waals surface area contributed by atoms with Crippen molar-refractivity contribution < 1.29 is 9.53 Å². The van der Waals surface area contributed by atoms with Crippen molar-refractivity contribution in [3.63, 3.8) is 0 Å². The van der Waals surface area contributed by atoms with E-state index in [0.29, 0.717) is 24.3 Å². The number of pyridine rings is 1. The maximum absolute atomic E-state index is 12.9. The molecule has 4 heterocycles. The van der Waals surface area contributed by atoms with Crippen molar-refractivity contribution in [3.8, 4) is 5.75 Å². The van der Waals surface area contributed by atoms with Crippen LogP contribution in [0.25, 0.3) is 0 Å². The van der Waals surface area contributed by atoms with Gasteiger partial charge in [-0.1, -0.05) is 31.2 Å². The number of carbonyl (C=O) groups is 1. The van der Waals surface area contributed by atoms with Crippen LogP contribution in [0.1, 0.15) is 35.8 Å². The van der Waals surface area contributed by atoms with Crippen LogP contribution in [0.2, 0.25) is 0 Å². The molecule has 1 aromatic carbocycles. The fraction of sp³-hybridized carbons (Fsp3) is 0.478.